The highest BCUT2D eigenvalue weighted by Crippen LogP contribution is 2.51. The summed E-state index contributed by atoms with van der Waals surface area (Å²) in [5, 5.41) is 0. The fourth-order valence-electron chi connectivity index (χ4n) is 6.95. The molecule has 0 spiro atoms. The summed E-state index contributed by atoms with van der Waals surface area (Å²) in [7, 11) is 0. The van der Waals surface area contributed by atoms with Gasteiger partial charge >= 0.3 is 11.9 Å². The van der Waals surface area contributed by atoms with E-state index in [9.17, 15) is 9.59 Å². The van der Waals surface area contributed by atoms with Gasteiger partial charge in [0.25, 0.3) is 0 Å². The molecule has 0 aromatic heterocycles. The van der Waals surface area contributed by atoms with E-state index in [1.54, 1.807) is 36.0 Å². The van der Waals surface area contributed by atoms with Crippen LogP contribution in [-0.2, 0) is 15.6 Å². The molecular weight excluding hydrogens is 637 g/mol. The lowest BCUT2D eigenvalue weighted by Crippen LogP contribution is -2.36. The highest BCUT2D eigenvalue weighted by atomic mass is 32.2. The molecule has 0 aliphatic heterocycles. The molecule has 5 heteroatoms. The minimum absolute atomic E-state index is 0.0609. The van der Waals surface area contributed by atoms with Gasteiger partial charge in [0, 0.05) is 15.2 Å². The van der Waals surface area contributed by atoms with E-state index < -0.39 is 5.60 Å². The van der Waals surface area contributed by atoms with E-state index in [0.29, 0.717) is 22.3 Å². The average Bonchev–Trinajstić information content (AvgIpc) is 3.09. The van der Waals surface area contributed by atoms with Crippen LogP contribution in [0, 0.1) is 5.41 Å². The van der Waals surface area contributed by atoms with Gasteiger partial charge in [-0.1, -0.05) is 96.1 Å². The molecule has 4 nitrogen and oxygen atoms in total. The lowest BCUT2D eigenvalue weighted by atomic mass is 9.59. The second kappa shape index (κ2) is 15.2. The third-order valence-electron chi connectivity index (χ3n) is 10.8. The van der Waals surface area contributed by atoms with Gasteiger partial charge in [0.1, 0.15) is 11.4 Å². The van der Waals surface area contributed by atoms with Crippen molar-refractivity contribution < 1.29 is 19.1 Å². The Balaban J connectivity index is 1.25. The molecule has 50 heavy (non-hydrogen) atoms. The first kappa shape index (κ1) is 37.4. The van der Waals surface area contributed by atoms with Gasteiger partial charge in [-0.2, -0.15) is 0 Å². The second-order valence-electron chi connectivity index (χ2n) is 16.0. The maximum absolute atomic E-state index is 13.1. The molecular formula is C45H54O4S. The molecule has 0 atom stereocenters. The minimum Gasteiger partial charge on any atom is -0.456 e. The summed E-state index contributed by atoms with van der Waals surface area (Å²) in [5.41, 5.74) is 5.02. The van der Waals surface area contributed by atoms with Crippen molar-refractivity contribution in [1.29, 1.82) is 0 Å². The molecule has 0 saturated heterocycles. The van der Waals surface area contributed by atoms with Crippen molar-refractivity contribution >= 4 is 23.7 Å². The topological polar surface area (TPSA) is 52.6 Å². The van der Waals surface area contributed by atoms with Crippen LogP contribution < -0.4 is 4.74 Å². The average molecular weight is 691 g/mol. The van der Waals surface area contributed by atoms with E-state index >= 15 is 0 Å². The zero-order chi connectivity index (χ0) is 36.2. The molecule has 0 radical (unpaired) electrons. The van der Waals surface area contributed by atoms with Crippen LogP contribution in [0.1, 0.15) is 138 Å². The van der Waals surface area contributed by atoms with Crippen LogP contribution in [0.15, 0.2) is 107 Å². The van der Waals surface area contributed by atoms with Crippen molar-refractivity contribution in [3.8, 4) is 5.75 Å². The van der Waals surface area contributed by atoms with Crippen LogP contribution in [-0.4, -0.2) is 17.5 Å². The molecule has 1 aliphatic carbocycles. The Morgan fingerprint density at radius 2 is 1.14 bits per heavy atom. The van der Waals surface area contributed by atoms with Gasteiger partial charge in [0.2, 0.25) is 0 Å². The largest absolute Gasteiger partial charge is 0.456 e. The van der Waals surface area contributed by atoms with Crippen molar-refractivity contribution in [1.82, 2.24) is 0 Å². The predicted octanol–water partition coefficient (Wildman–Crippen LogP) is 12.4. The van der Waals surface area contributed by atoms with E-state index in [1.165, 1.54) is 42.4 Å². The normalized spacial score (nSPS) is 15.7. The van der Waals surface area contributed by atoms with Gasteiger partial charge in [0.15, 0.2) is 0 Å². The summed E-state index contributed by atoms with van der Waals surface area (Å²) in [4.78, 5) is 27.6. The zero-order valence-corrected chi connectivity index (χ0v) is 32.0. The smallest absolute Gasteiger partial charge is 0.343 e. The van der Waals surface area contributed by atoms with Gasteiger partial charge in [-0.3, -0.25) is 0 Å². The predicted molar refractivity (Wildman–Crippen MR) is 206 cm³/mol. The highest BCUT2D eigenvalue weighted by molar-refractivity contribution is 7.99. The maximum atomic E-state index is 13.1. The SMILES string of the molecule is CCCC(C)(C)c1ccc(C2(c3ccc(OC(=O)c4ccc(Sc5ccc(C(=O)OC(C)(C)CC)cc5)cc4)cc3)CCC(C)(C)CC2)cc1. The molecule has 0 amide bonds. The van der Waals surface area contributed by atoms with E-state index in [4.69, 9.17) is 9.47 Å². The fraction of sp³-hybridized carbons (Fsp3) is 0.422. The van der Waals surface area contributed by atoms with Crippen LogP contribution >= 0.6 is 11.8 Å². The molecule has 264 valence electrons. The standard InChI is InChI=1S/C45H54O4S/c1-9-27-43(5,6)34-15-17-35(18-16-34)45(30-28-42(3,4)29-31-45)36-19-21-37(22-20-36)48-40(46)32-11-23-38(24-12-32)50-39-25-13-33(14-26-39)41(47)49-44(7,8)10-2/h11-26H,9-10,27-31H2,1-8H3. The molecule has 0 heterocycles. The van der Waals surface area contributed by atoms with E-state index in [1.807, 2.05) is 57.2 Å². The Morgan fingerprint density at radius 1 is 0.660 bits per heavy atom. The lowest BCUT2D eigenvalue weighted by Gasteiger charge is -2.45. The van der Waals surface area contributed by atoms with Crippen LogP contribution in [0.3, 0.4) is 0 Å². The summed E-state index contributed by atoms with van der Waals surface area (Å²) in [6, 6.07) is 32.4. The number of ether oxygens (including phenoxy) is 2. The number of hydrogen-bond donors (Lipinski definition) is 0. The summed E-state index contributed by atoms with van der Waals surface area (Å²) in [5.74, 6) is -0.159. The van der Waals surface area contributed by atoms with Crippen molar-refractivity contribution in [3.05, 3.63) is 125 Å². The van der Waals surface area contributed by atoms with Gasteiger partial charge in [-0.15, -0.1) is 0 Å². The van der Waals surface area contributed by atoms with E-state index in [-0.39, 0.29) is 22.8 Å². The Labute approximate surface area is 304 Å². The lowest BCUT2D eigenvalue weighted by molar-refractivity contribution is -0.00246. The van der Waals surface area contributed by atoms with E-state index in [0.717, 1.165) is 29.1 Å². The summed E-state index contributed by atoms with van der Waals surface area (Å²) in [6.45, 7) is 17.5. The Hall–Kier alpha value is -3.83. The molecule has 0 bridgehead atoms. The van der Waals surface area contributed by atoms with Gasteiger partial charge in [-0.05, 0) is 141 Å². The Morgan fingerprint density at radius 3 is 1.62 bits per heavy atom. The second-order valence-corrected chi connectivity index (χ2v) is 17.2. The first-order valence-electron chi connectivity index (χ1n) is 18.2. The zero-order valence-electron chi connectivity index (χ0n) is 31.2. The number of carbonyl (C=O) groups is 2. The van der Waals surface area contributed by atoms with Crippen LogP contribution in [0.25, 0.3) is 0 Å². The minimum atomic E-state index is -0.495. The number of benzene rings is 4. The van der Waals surface area contributed by atoms with Gasteiger partial charge in [0.05, 0.1) is 11.1 Å². The summed E-state index contributed by atoms with van der Waals surface area (Å²) < 4.78 is 11.4. The Kier molecular flexibility index (Phi) is 11.4. The number of rotatable bonds is 12. The first-order valence-corrected chi connectivity index (χ1v) is 19.0. The first-order chi connectivity index (χ1) is 23.6. The summed E-state index contributed by atoms with van der Waals surface area (Å²) in [6.07, 6.45) is 7.60. The highest BCUT2D eigenvalue weighted by Gasteiger charge is 2.41. The maximum Gasteiger partial charge on any atom is 0.343 e. The Bertz CT molecular complexity index is 1740. The number of hydrogen-bond acceptors (Lipinski definition) is 5. The molecule has 5 rings (SSSR count). The van der Waals surface area contributed by atoms with Crippen molar-refractivity contribution in [2.45, 2.75) is 127 Å². The van der Waals surface area contributed by atoms with Crippen molar-refractivity contribution in [2.24, 2.45) is 5.41 Å². The molecule has 1 aliphatic rings. The molecule has 1 saturated carbocycles. The monoisotopic (exact) mass is 690 g/mol. The molecule has 4 aromatic carbocycles. The van der Waals surface area contributed by atoms with Crippen molar-refractivity contribution in [3.63, 3.8) is 0 Å². The number of carbonyl (C=O) groups excluding carboxylic acids is 2. The number of esters is 2. The molecule has 0 N–H and O–H groups in total. The third-order valence-corrected chi connectivity index (χ3v) is 11.8. The molecule has 4 aromatic rings. The van der Waals surface area contributed by atoms with Gasteiger partial charge < -0.3 is 9.47 Å². The van der Waals surface area contributed by atoms with Crippen LogP contribution in [0.2, 0.25) is 0 Å². The van der Waals surface area contributed by atoms with Crippen LogP contribution in [0.4, 0.5) is 0 Å². The van der Waals surface area contributed by atoms with Crippen LogP contribution in [0.5, 0.6) is 5.75 Å². The van der Waals surface area contributed by atoms with Crippen molar-refractivity contribution in [2.75, 3.05) is 0 Å². The van der Waals surface area contributed by atoms with E-state index in [2.05, 4.69) is 71.0 Å². The van der Waals surface area contributed by atoms with Gasteiger partial charge in [-0.25, -0.2) is 9.59 Å². The quantitative estimate of drug-likeness (QED) is 0.109. The third kappa shape index (κ3) is 8.90. The molecule has 0 unspecified atom stereocenters. The summed E-state index contributed by atoms with van der Waals surface area (Å²) >= 11 is 1.56. The fourth-order valence-corrected chi connectivity index (χ4v) is 7.77. The molecule has 1 fully saturated rings.